The maximum Gasteiger partial charge on any atom is 0.372 e. The molecule has 2 fully saturated rings. The van der Waals surface area contributed by atoms with Crippen molar-refractivity contribution < 1.29 is 33.9 Å². The van der Waals surface area contributed by atoms with E-state index in [1.54, 1.807) is 12.1 Å². The molecule has 1 saturated carbocycles. The largest absolute Gasteiger partial charge is 0.475 e. The van der Waals surface area contributed by atoms with E-state index in [0.29, 0.717) is 35.9 Å². The molecule has 1 N–H and O–H groups in total. The number of carbonyl (C=O) groups excluding carboxylic acids is 4. The molecule has 1 aromatic rings. The highest BCUT2D eigenvalue weighted by Gasteiger charge is 2.55. The number of benzene rings is 1. The van der Waals surface area contributed by atoms with Crippen LogP contribution in [0.3, 0.4) is 0 Å². The molecule has 45 heavy (non-hydrogen) atoms. The minimum atomic E-state index is -1.57. The standard InChI is InChI=1S/C35H47ClN2O7/c1-5-10-24(31(41)33(43)44)17-30(40)29-20-35(19-28(37-45-35)23-13-9-14-25(36)16-23)21-38(29)32(42)27(34(2,3)4)18-26(39)15-22-11-7-6-8-12-22/h9,13-14,16,22,24,27,29H,5-8,10-12,15,17-21H2,1-4H3,(H,43,44)/t24-,27-,29+,35-/m1/s1. The van der Waals surface area contributed by atoms with Crippen molar-refractivity contribution in [3.05, 3.63) is 34.9 Å². The molecule has 0 bridgehead atoms. The lowest BCUT2D eigenvalue weighted by Crippen LogP contribution is -2.48. The average molecular weight is 643 g/mol. The zero-order valence-electron chi connectivity index (χ0n) is 27.0. The predicted molar refractivity (Wildman–Crippen MR) is 171 cm³/mol. The van der Waals surface area contributed by atoms with Crippen molar-refractivity contribution in [1.29, 1.82) is 0 Å². The van der Waals surface area contributed by atoms with E-state index in [1.165, 1.54) is 11.3 Å². The van der Waals surface area contributed by atoms with Gasteiger partial charge in [-0.2, -0.15) is 0 Å². The van der Waals surface area contributed by atoms with Crippen molar-refractivity contribution in [3.8, 4) is 0 Å². The van der Waals surface area contributed by atoms with Crippen LogP contribution in [0.5, 0.6) is 0 Å². The van der Waals surface area contributed by atoms with Crippen molar-refractivity contribution in [3.63, 3.8) is 0 Å². The van der Waals surface area contributed by atoms with E-state index < -0.39 is 40.6 Å². The van der Waals surface area contributed by atoms with Crippen LogP contribution in [-0.4, -0.2) is 63.1 Å². The van der Waals surface area contributed by atoms with Crippen molar-refractivity contribution in [2.75, 3.05) is 6.54 Å². The van der Waals surface area contributed by atoms with Crippen LogP contribution in [0.25, 0.3) is 0 Å². The minimum Gasteiger partial charge on any atom is -0.475 e. The van der Waals surface area contributed by atoms with Crippen LogP contribution in [0.4, 0.5) is 0 Å². The fraction of sp³-hybridized carbons (Fsp3) is 0.657. The van der Waals surface area contributed by atoms with Crippen molar-refractivity contribution in [1.82, 2.24) is 4.90 Å². The molecule has 2 heterocycles. The van der Waals surface area contributed by atoms with Gasteiger partial charge in [-0.05, 0) is 29.9 Å². The summed E-state index contributed by atoms with van der Waals surface area (Å²) in [5.74, 6) is -4.48. The number of carboxylic acids is 1. The van der Waals surface area contributed by atoms with Gasteiger partial charge in [0.1, 0.15) is 5.78 Å². The number of hydrogen-bond donors (Lipinski definition) is 1. The lowest BCUT2D eigenvalue weighted by molar-refractivity contribution is -0.152. The minimum absolute atomic E-state index is 0.0609. The monoisotopic (exact) mass is 642 g/mol. The quantitative estimate of drug-likeness (QED) is 0.246. The summed E-state index contributed by atoms with van der Waals surface area (Å²) in [6.07, 6.45) is 7.05. The molecule has 4 atom stereocenters. The third-order valence-electron chi connectivity index (χ3n) is 9.73. The lowest BCUT2D eigenvalue weighted by Gasteiger charge is -2.35. The number of nitrogens with zero attached hydrogens (tertiary/aromatic N) is 2. The van der Waals surface area contributed by atoms with E-state index in [9.17, 15) is 29.1 Å². The second-order valence-corrected chi connectivity index (χ2v) is 14.8. The van der Waals surface area contributed by atoms with Gasteiger partial charge in [-0.1, -0.05) is 95.1 Å². The van der Waals surface area contributed by atoms with Crippen molar-refractivity contribution in [2.24, 2.45) is 28.3 Å². The average Bonchev–Trinajstić information content (AvgIpc) is 3.58. The van der Waals surface area contributed by atoms with Gasteiger partial charge in [0.05, 0.1) is 18.3 Å². The summed E-state index contributed by atoms with van der Waals surface area (Å²) in [7, 11) is 0. The molecule has 2 aliphatic heterocycles. The molecule has 0 radical (unpaired) electrons. The Morgan fingerprint density at radius 1 is 1.11 bits per heavy atom. The van der Waals surface area contributed by atoms with Crippen LogP contribution in [-0.2, 0) is 28.8 Å². The molecule has 1 spiro atoms. The van der Waals surface area contributed by atoms with Gasteiger partial charge in [-0.25, -0.2) is 4.79 Å². The number of rotatable bonds is 13. The van der Waals surface area contributed by atoms with Crippen LogP contribution >= 0.6 is 11.6 Å². The fourth-order valence-corrected chi connectivity index (χ4v) is 7.41. The molecular formula is C35H47ClN2O7. The molecule has 1 aliphatic carbocycles. The number of aliphatic carboxylic acids is 1. The molecule has 246 valence electrons. The lowest BCUT2D eigenvalue weighted by atomic mass is 9.75. The summed E-state index contributed by atoms with van der Waals surface area (Å²) in [5.41, 5.74) is -0.105. The number of ketones is 3. The highest BCUT2D eigenvalue weighted by molar-refractivity contribution is 6.34. The normalized spacial score (nSPS) is 23.4. The number of amides is 1. The summed E-state index contributed by atoms with van der Waals surface area (Å²) in [4.78, 5) is 73.3. The summed E-state index contributed by atoms with van der Waals surface area (Å²) < 4.78 is 0. The number of Topliss-reactive ketones (excluding diaryl/α,β-unsaturated/α-hetero) is 3. The SMILES string of the molecule is CCC[C@H](CC(=O)[C@@H]1C[C@]2(CC(c3cccc(Cl)c3)=NO2)CN1C(=O)[C@@H](CC(=O)CC1CCCCC1)C(C)(C)C)C(=O)C(=O)O. The smallest absolute Gasteiger partial charge is 0.372 e. The topological polar surface area (TPSA) is 130 Å². The van der Waals surface area contributed by atoms with Gasteiger partial charge >= 0.3 is 5.97 Å². The van der Waals surface area contributed by atoms with Gasteiger partial charge in [-0.15, -0.1) is 0 Å². The Labute approximate surface area is 271 Å². The first-order chi connectivity index (χ1) is 21.2. The van der Waals surface area contributed by atoms with Gasteiger partial charge in [0.25, 0.3) is 0 Å². The van der Waals surface area contributed by atoms with Crippen LogP contribution in [0, 0.1) is 23.2 Å². The first-order valence-electron chi connectivity index (χ1n) is 16.4. The maximum absolute atomic E-state index is 14.5. The van der Waals surface area contributed by atoms with Gasteiger partial charge in [-0.3, -0.25) is 19.2 Å². The number of hydrogen-bond acceptors (Lipinski definition) is 7. The maximum atomic E-state index is 14.5. The Hall–Kier alpha value is -3.07. The molecule has 1 aromatic carbocycles. The number of oxime groups is 1. The third kappa shape index (κ3) is 8.60. The van der Waals surface area contributed by atoms with E-state index >= 15 is 0 Å². The Morgan fingerprint density at radius 2 is 1.82 bits per heavy atom. The molecule has 4 rings (SSSR count). The van der Waals surface area contributed by atoms with E-state index in [1.807, 2.05) is 39.8 Å². The summed E-state index contributed by atoms with van der Waals surface area (Å²) in [5, 5.41) is 14.3. The van der Waals surface area contributed by atoms with Gasteiger partial charge < -0.3 is 14.8 Å². The van der Waals surface area contributed by atoms with Crippen LogP contribution in [0.1, 0.15) is 110 Å². The number of halogens is 1. The zero-order valence-corrected chi connectivity index (χ0v) is 27.7. The molecule has 10 heteroatoms. The van der Waals surface area contributed by atoms with E-state index in [2.05, 4.69) is 5.16 Å². The van der Waals surface area contributed by atoms with E-state index in [0.717, 1.165) is 31.2 Å². The molecule has 1 saturated heterocycles. The van der Waals surface area contributed by atoms with E-state index in [-0.39, 0.29) is 49.7 Å². The van der Waals surface area contributed by atoms with Gasteiger partial charge in [0.15, 0.2) is 11.4 Å². The summed E-state index contributed by atoms with van der Waals surface area (Å²) in [6, 6.07) is 6.28. The first-order valence-corrected chi connectivity index (χ1v) is 16.7. The Balaban J connectivity index is 1.60. The predicted octanol–water partition coefficient (Wildman–Crippen LogP) is 6.43. The van der Waals surface area contributed by atoms with Gasteiger partial charge in [0, 0.05) is 54.5 Å². The van der Waals surface area contributed by atoms with Gasteiger partial charge in [0.2, 0.25) is 11.7 Å². The molecule has 0 unspecified atom stereocenters. The Kier molecular flexibility index (Phi) is 11.3. The second kappa shape index (κ2) is 14.6. The molecule has 1 amide bonds. The Morgan fingerprint density at radius 3 is 2.44 bits per heavy atom. The van der Waals surface area contributed by atoms with E-state index in [4.69, 9.17) is 16.4 Å². The number of carboxylic acid groups (broad SMARTS) is 1. The second-order valence-electron chi connectivity index (χ2n) is 14.4. The molecular weight excluding hydrogens is 596 g/mol. The van der Waals surface area contributed by atoms with Crippen LogP contribution < -0.4 is 0 Å². The van der Waals surface area contributed by atoms with Crippen LogP contribution in [0.2, 0.25) is 5.02 Å². The molecule has 0 aromatic heterocycles. The Bertz CT molecular complexity index is 1330. The summed E-state index contributed by atoms with van der Waals surface area (Å²) >= 11 is 6.22. The number of likely N-dealkylation sites (tertiary alicyclic amines) is 1. The first kappa shape index (κ1) is 34.8. The third-order valence-corrected chi connectivity index (χ3v) is 9.97. The zero-order chi connectivity index (χ0) is 32.9. The van der Waals surface area contributed by atoms with Crippen LogP contribution in [0.15, 0.2) is 29.4 Å². The number of carbonyl (C=O) groups is 5. The fourth-order valence-electron chi connectivity index (χ4n) is 7.22. The molecule has 3 aliphatic rings. The van der Waals surface area contributed by atoms with Crippen molar-refractivity contribution >= 4 is 46.5 Å². The highest BCUT2D eigenvalue weighted by atomic mass is 35.5. The van der Waals surface area contributed by atoms with Crippen molar-refractivity contribution in [2.45, 2.75) is 116 Å². The highest BCUT2D eigenvalue weighted by Crippen LogP contribution is 2.42. The molecule has 9 nitrogen and oxygen atoms in total. The summed E-state index contributed by atoms with van der Waals surface area (Å²) in [6.45, 7) is 7.71.